The maximum Gasteiger partial charge on any atom is 0.242 e. The van der Waals surface area contributed by atoms with Crippen LogP contribution in [0.3, 0.4) is 0 Å². The minimum absolute atomic E-state index is 0.0807. The first-order valence-corrected chi connectivity index (χ1v) is 12.3. The predicted octanol–water partition coefficient (Wildman–Crippen LogP) is 3.51. The number of pyridine rings is 1. The molecular formula is C27H29ClN6O2. The van der Waals surface area contributed by atoms with Crippen molar-refractivity contribution in [2.75, 3.05) is 46.9 Å². The molecule has 1 fully saturated rings. The van der Waals surface area contributed by atoms with Gasteiger partial charge in [-0.15, -0.1) is 0 Å². The number of imidazole rings is 1. The number of benzene rings is 1. The first-order chi connectivity index (χ1) is 17.5. The number of nitrogens with one attached hydrogen (secondary N) is 1. The molecule has 1 saturated heterocycles. The van der Waals surface area contributed by atoms with Crippen LogP contribution in [0.25, 0.3) is 28.1 Å². The molecule has 0 unspecified atom stereocenters. The molecule has 0 bridgehead atoms. The van der Waals surface area contributed by atoms with E-state index in [1.807, 2.05) is 58.0 Å². The summed E-state index contributed by atoms with van der Waals surface area (Å²) < 4.78 is 7.37. The summed E-state index contributed by atoms with van der Waals surface area (Å²) in [6.07, 6.45) is 7.40. The van der Waals surface area contributed by atoms with E-state index in [0.29, 0.717) is 17.5 Å². The number of carbonyl (C=O) groups excluding carboxylic acids is 1. The SMILES string of the molecule is COC1=CC=C(c2nc(-c3ccc(Cl)cc3)c(-c3ccncc3)n2CC(=O)N2CCN(C)CC2)CN1. The molecule has 1 amide bonds. The van der Waals surface area contributed by atoms with Crippen molar-refractivity contribution < 1.29 is 9.53 Å². The van der Waals surface area contributed by atoms with E-state index in [4.69, 9.17) is 21.3 Å². The summed E-state index contributed by atoms with van der Waals surface area (Å²) in [5.74, 6) is 1.52. The number of hydrogen-bond donors (Lipinski definition) is 1. The van der Waals surface area contributed by atoms with Gasteiger partial charge in [0.2, 0.25) is 5.91 Å². The Morgan fingerprint density at radius 3 is 2.39 bits per heavy atom. The van der Waals surface area contributed by atoms with Crippen LogP contribution in [-0.2, 0) is 16.1 Å². The summed E-state index contributed by atoms with van der Waals surface area (Å²) in [6, 6.07) is 11.5. The molecule has 0 saturated carbocycles. The summed E-state index contributed by atoms with van der Waals surface area (Å²) >= 11 is 6.18. The molecule has 2 aliphatic rings. The third-order valence-corrected chi connectivity index (χ3v) is 6.84. The lowest BCUT2D eigenvalue weighted by atomic mass is 10.1. The maximum absolute atomic E-state index is 13.5. The molecule has 4 heterocycles. The van der Waals surface area contributed by atoms with Crippen molar-refractivity contribution in [1.82, 2.24) is 29.7 Å². The highest BCUT2D eigenvalue weighted by molar-refractivity contribution is 6.30. The van der Waals surface area contributed by atoms with Crippen LogP contribution in [0.1, 0.15) is 5.82 Å². The second-order valence-corrected chi connectivity index (χ2v) is 9.36. The Hall–Kier alpha value is -3.62. The molecule has 1 N–H and O–H groups in total. The lowest BCUT2D eigenvalue weighted by Crippen LogP contribution is -2.48. The van der Waals surface area contributed by atoms with Gasteiger partial charge in [0.15, 0.2) is 5.88 Å². The van der Waals surface area contributed by atoms with E-state index >= 15 is 0 Å². The van der Waals surface area contributed by atoms with Crippen molar-refractivity contribution in [1.29, 1.82) is 0 Å². The van der Waals surface area contributed by atoms with Gasteiger partial charge in [0.25, 0.3) is 0 Å². The van der Waals surface area contributed by atoms with Crippen LogP contribution < -0.4 is 5.32 Å². The molecule has 2 aromatic heterocycles. The van der Waals surface area contributed by atoms with E-state index in [-0.39, 0.29) is 12.5 Å². The molecule has 9 heteroatoms. The maximum atomic E-state index is 13.5. The van der Waals surface area contributed by atoms with Gasteiger partial charge in [-0.05, 0) is 43.5 Å². The van der Waals surface area contributed by atoms with Crippen molar-refractivity contribution in [3.05, 3.63) is 77.7 Å². The van der Waals surface area contributed by atoms with Crippen LogP contribution in [0.15, 0.2) is 66.8 Å². The van der Waals surface area contributed by atoms with Crippen LogP contribution in [0, 0.1) is 0 Å². The summed E-state index contributed by atoms with van der Waals surface area (Å²) in [7, 11) is 3.72. The molecule has 186 valence electrons. The van der Waals surface area contributed by atoms with E-state index in [0.717, 1.165) is 60.1 Å². The fourth-order valence-corrected chi connectivity index (χ4v) is 4.65. The van der Waals surface area contributed by atoms with Gasteiger partial charge in [-0.25, -0.2) is 4.98 Å². The fraction of sp³-hybridized carbons (Fsp3) is 0.296. The molecular weight excluding hydrogens is 476 g/mol. The highest BCUT2D eigenvalue weighted by Crippen LogP contribution is 2.35. The number of nitrogens with zero attached hydrogens (tertiary/aromatic N) is 5. The first kappa shape index (κ1) is 24.1. The molecule has 0 atom stereocenters. The Kier molecular flexibility index (Phi) is 7.06. The number of ether oxygens (including phenoxy) is 1. The molecule has 36 heavy (non-hydrogen) atoms. The number of piperazine rings is 1. The molecule has 5 rings (SSSR count). The van der Waals surface area contributed by atoms with Crippen LogP contribution in [-0.4, -0.2) is 77.1 Å². The minimum Gasteiger partial charge on any atom is -0.483 e. The van der Waals surface area contributed by atoms with Crippen molar-refractivity contribution in [2.45, 2.75) is 6.54 Å². The van der Waals surface area contributed by atoms with Crippen molar-refractivity contribution in [3.63, 3.8) is 0 Å². The van der Waals surface area contributed by atoms with Crippen LogP contribution in [0.2, 0.25) is 5.02 Å². The van der Waals surface area contributed by atoms with E-state index in [2.05, 4.69) is 22.2 Å². The monoisotopic (exact) mass is 504 g/mol. The number of hydrogen-bond acceptors (Lipinski definition) is 6. The van der Waals surface area contributed by atoms with Gasteiger partial charge >= 0.3 is 0 Å². The Bertz CT molecular complexity index is 1290. The molecule has 2 aliphatic heterocycles. The Labute approximate surface area is 215 Å². The topological polar surface area (TPSA) is 75.5 Å². The molecule has 3 aromatic rings. The smallest absolute Gasteiger partial charge is 0.242 e. The van der Waals surface area contributed by atoms with E-state index in [1.165, 1.54) is 0 Å². The van der Waals surface area contributed by atoms with E-state index < -0.39 is 0 Å². The summed E-state index contributed by atoms with van der Waals surface area (Å²) in [4.78, 5) is 27.0. The number of allylic oxidation sites excluding steroid dienone is 2. The number of halogens is 1. The first-order valence-electron chi connectivity index (χ1n) is 12.0. The predicted molar refractivity (Wildman–Crippen MR) is 141 cm³/mol. The number of amides is 1. The van der Waals surface area contributed by atoms with E-state index in [9.17, 15) is 4.79 Å². The summed E-state index contributed by atoms with van der Waals surface area (Å²) in [5.41, 5.74) is 4.51. The highest BCUT2D eigenvalue weighted by atomic mass is 35.5. The average molecular weight is 505 g/mol. The molecule has 0 aliphatic carbocycles. The second-order valence-electron chi connectivity index (χ2n) is 8.93. The third kappa shape index (κ3) is 5.01. The number of carbonyl (C=O) groups is 1. The number of likely N-dealkylation sites (N-methyl/N-ethyl adjacent to an activating group) is 1. The highest BCUT2D eigenvalue weighted by Gasteiger charge is 2.27. The number of rotatable bonds is 6. The quantitative estimate of drug-likeness (QED) is 0.553. The molecule has 0 radical (unpaired) electrons. The second kappa shape index (κ2) is 10.6. The summed E-state index contributed by atoms with van der Waals surface area (Å²) in [6.45, 7) is 3.91. The lowest BCUT2D eigenvalue weighted by molar-refractivity contribution is -0.133. The zero-order chi connectivity index (χ0) is 25.1. The number of methoxy groups -OCH3 is 1. The molecule has 0 spiro atoms. The van der Waals surface area contributed by atoms with Gasteiger partial charge in [0, 0.05) is 66.8 Å². The van der Waals surface area contributed by atoms with Gasteiger partial charge in [-0.1, -0.05) is 23.7 Å². The minimum atomic E-state index is 0.0807. The lowest BCUT2D eigenvalue weighted by Gasteiger charge is -2.32. The standard InChI is InChI=1S/C27H29ClN6O2/c1-32-13-15-33(16-14-32)24(35)18-34-26(20-9-11-29-12-10-20)25(19-3-6-22(28)7-4-19)31-27(34)21-5-8-23(36-2)30-17-21/h3-12,30H,13-18H2,1-2H3. The summed E-state index contributed by atoms with van der Waals surface area (Å²) in [5, 5.41) is 3.93. The van der Waals surface area contributed by atoms with Gasteiger partial charge in [-0.2, -0.15) is 0 Å². The van der Waals surface area contributed by atoms with Crippen molar-refractivity contribution in [3.8, 4) is 22.5 Å². The van der Waals surface area contributed by atoms with Gasteiger partial charge in [0.1, 0.15) is 12.4 Å². The largest absolute Gasteiger partial charge is 0.483 e. The van der Waals surface area contributed by atoms with Gasteiger partial charge < -0.3 is 24.4 Å². The molecule has 8 nitrogen and oxygen atoms in total. The average Bonchev–Trinajstić information content (AvgIpc) is 3.29. The Morgan fingerprint density at radius 1 is 1.03 bits per heavy atom. The fourth-order valence-electron chi connectivity index (χ4n) is 4.52. The third-order valence-electron chi connectivity index (χ3n) is 6.58. The Balaban J connectivity index is 1.65. The van der Waals surface area contributed by atoms with Crippen molar-refractivity contribution >= 4 is 23.1 Å². The van der Waals surface area contributed by atoms with Crippen LogP contribution in [0.4, 0.5) is 0 Å². The number of aromatic nitrogens is 3. The van der Waals surface area contributed by atoms with Gasteiger partial charge in [0.05, 0.1) is 18.5 Å². The molecule has 1 aromatic carbocycles. The van der Waals surface area contributed by atoms with Gasteiger partial charge in [-0.3, -0.25) is 9.78 Å². The van der Waals surface area contributed by atoms with Crippen LogP contribution in [0.5, 0.6) is 0 Å². The zero-order valence-electron chi connectivity index (χ0n) is 20.4. The Morgan fingerprint density at radius 2 is 1.75 bits per heavy atom. The van der Waals surface area contributed by atoms with Crippen LogP contribution >= 0.6 is 11.6 Å². The zero-order valence-corrected chi connectivity index (χ0v) is 21.2. The van der Waals surface area contributed by atoms with E-state index in [1.54, 1.807) is 19.5 Å². The normalized spacial score (nSPS) is 16.2. The van der Waals surface area contributed by atoms with Crippen molar-refractivity contribution in [2.24, 2.45) is 0 Å². The number of dihydropyridines is 1.